The van der Waals surface area contributed by atoms with Crippen molar-refractivity contribution in [2.24, 2.45) is 7.05 Å². The molecule has 0 amide bonds. The highest BCUT2D eigenvalue weighted by atomic mass is 32.2. The largest absolute Gasteiger partial charge is 0.381 e. The molecule has 0 radical (unpaired) electrons. The van der Waals surface area contributed by atoms with Crippen LogP contribution in [-0.4, -0.2) is 38.7 Å². The van der Waals surface area contributed by atoms with E-state index in [1.165, 1.54) is 5.56 Å². The van der Waals surface area contributed by atoms with Gasteiger partial charge in [0.25, 0.3) is 0 Å². The van der Waals surface area contributed by atoms with Crippen LogP contribution >= 0.6 is 11.8 Å². The summed E-state index contributed by atoms with van der Waals surface area (Å²) in [5.74, 6) is 1.70. The molecule has 0 saturated heterocycles. The first-order valence-electron chi connectivity index (χ1n) is 9.74. The Morgan fingerprint density at radius 2 is 1.83 bits per heavy atom. The molecule has 2 aromatic carbocycles. The van der Waals surface area contributed by atoms with Gasteiger partial charge in [0, 0.05) is 35.9 Å². The molecule has 0 fully saturated rings. The van der Waals surface area contributed by atoms with Crippen molar-refractivity contribution in [3.05, 3.63) is 60.2 Å². The number of rotatable bonds is 7. The number of nitrogens with zero attached hydrogens (tertiary/aromatic N) is 4. The average molecular weight is 405 g/mol. The molecule has 29 heavy (non-hydrogen) atoms. The van der Waals surface area contributed by atoms with Gasteiger partial charge in [0.1, 0.15) is 0 Å². The predicted molar refractivity (Wildman–Crippen MR) is 119 cm³/mol. The minimum Gasteiger partial charge on any atom is -0.381 e. The molecule has 0 N–H and O–H groups in total. The maximum absolute atomic E-state index is 5.43. The van der Waals surface area contributed by atoms with Crippen molar-refractivity contribution >= 4 is 22.7 Å². The van der Waals surface area contributed by atoms with E-state index in [1.54, 1.807) is 11.8 Å². The van der Waals surface area contributed by atoms with Gasteiger partial charge in [0.2, 0.25) is 0 Å². The van der Waals surface area contributed by atoms with Gasteiger partial charge in [-0.1, -0.05) is 59.8 Å². The normalized spacial score (nSPS) is 11.3. The quantitative estimate of drug-likeness (QED) is 0.315. The predicted octanol–water partition coefficient (Wildman–Crippen LogP) is 5.13. The summed E-state index contributed by atoms with van der Waals surface area (Å²) in [6, 6.07) is 18.8. The molecule has 0 spiro atoms. The number of thioether (sulfide) groups is 1. The molecule has 0 atom stereocenters. The van der Waals surface area contributed by atoms with Crippen molar-refractivity contribution in [1.29, 1.82) is 0 Å². The lowest BCUT2D eigenvalue weighted by molar-refractivity contribution is 0.164. The summed E-state index contributed by atoms with van der Waals surface area (Å²) >= 11 is 1.66. The third-order valence-electron chi connectivity index (χ3n) is 4.80. The summed E-state index contributed by atoms with van der Waals surface area (Å²) in [5.41, 5.74) is 5.26. The van der Waals surface area contributed by atoms with Crippen molar-refractivity contribution in [2.75, 3.05) is 19.0 Å². The Morgan fingerprint density at radius 1 is 1.03 bits per heavy atom. The Kier molecular flexibility index (Phi) is 5.92. The zero-order valence-corrected chi connectivity index (χ0v) is 17.7. The first kappa shape index (κ1) is 19.6. The second-order valence-corrected chi connectivity index (χ2v) is 7.91. The van der Waals surface area contributed by atoms with Crippen LogP contribution in [0.25, 0.3) is 33.5 Å². The summed E-state index contributed by atoms with van der Waals surface area (Å²) < 4.78 is 7.48. The van der Waals surface area contributed by atoms with E-state index in [0.29, 0.717) is 6.61 Å². The number of fused-ring (bicyclic) bond motifs is 1. The van der Waals surface area contributed by atoms with Crippen LogP contribution in [0.1, 0.15) is 12.5 Å². The summed E-state index contributed by atoms with van der Waals surface area (Å²) in [6.07, 6.45) is 0. The first-order chi connectivity index (χ1) is 14.2. The highest BCUT2D eigenvalue weighted by Crippen LogP contribution is 2.32. The molecule has 2 aromatic heterocycles. The van der Waals surface area contributed by atoms with E-state index in [2.05, 4.69) is 58.1 Å². The van der Waals surface area contributed by atoms with Gasteiger partial charge in [-0.25, -0.2) is 4.98 Å². The van der Waals surface area contributed by atoms with Crippen LogP contribution in [0.5, 0.6) is 0 Å². The number of para-hydroxylation sites is 1. The van der Waals surface area contributed by atoms with Crippen LogP contribution < -0.4 is 0 Å². The van der Waals surface area contributed by atoms with Gasteiger partial charge in [-0.05, 0) is 26.0 Å². The Bertz CT molecular complexity index is 1120. The highest BCUT2D eigenvalue weighted by Gasteiger charge is 2.16. The van der Waals surface area contributed by atoms with Crippen LogP contribution in [0.15, 0.2) is 59.8 Å². The van der Waals surface area contributed by atoms with Crippen LogP contribution in [0.2, 0.25) is 0 Å². The Labute approximate surface area is 175 Å². The minimum absolute atomic E-state index is 0.707. The van der Waals surface area contributed by atoms with Crippen molar-refractivity contribution < 1.29 is 4.74 Å². The van der Waals surface area contributed by atoms with E-state index in [0.717, 1.165) is 51.1 Å². The van der Waals surface area contributed by atoms with Crippen molar-refractivity contribution in [1.82, 2.24) is 19.7 Å². The number of hydrogen-bond acceptors (Lipinski definition) is 5. The highest BCUT2D eigenvalue weighted by molar-refractivity contribution is 7.99. The third kappa shape index (κ3) is 4.18. The summed E-state index contributed by atoms with van der Waals surface area (Å²) in [6.45, 7) is 5.53. The minimum atomic E-state index is 0.707. The zero-order valence-electron chi connectivity index (χ0n) is 16.9. The molecule has 0 aliphatic rings. The van der Waals surface area contributed by atoms with Gasteiger partial charge in [-0.2, -0.15) is 0 Å². The molecule has 148 valence electrons. The smallest absolute Gasteiger partial charge is 0.191 e. The number of ether oxygens (including phenoxy) is 1. The summed E-state index contributed by atoms with van der Waals surface area (Å²) in [4.78, 5) is 4.89. The average Bonchev–Trinajstić information content (AvgIpc) is 3.11. The molecule has 4 aromatic rings. The first-order valence-corrected chi connectivity index (χ1v) is 10.7. The second-order valence-electron chi connectivity index (χ2n) is 6.85. The fraction of sp³-hybridized carbons (Fsp3) is 0.261. The number of pyridine rings is 1. The van der Waals surface area contributed by atoms with Crippen molar-refractivity contribution in [3.8, 4) is 22.6 Å². The fourth-order valence-corrected chi connectivity index (χ4v) is 4.01. The van der Waals surface area contributed by atoms with Gasteiger partial charge in [-0.3, -0.25) is 0 Å². The number of aryl methyl sites for hydroxylation is 1. The van der Waals surface area contributed by atoms with Crippen molar-refractivity contribution in [3.63, 3.8) is 0 Å². The third-order valence-corrected chi connectivity index (χ3v) is 5.79. The van der Waals surface area contributed by atoms with Crippen LogP contribution in [-0.2, 0) is 11.8 Å². The van der Waals surface area contributed by atoms with Crippen LogP contribution in [0, 0.1) is 6.92 Å². The van der Waals surface area contributed by atoms with Gasteiger partial charge in [0.15, 0.2) is 11.0 Å². The molecule has 0 aliphatic heterocycles. The lowest BCUT2D eigenvalue weighted by atomic mass is 10.0. The molecule has 5 nitrogen and oxygen atoms in total. The molecule has 0 unspecified atom stereocenters. The van der Waals surface area contributed by atoms with Gasteiger partial charge in [0.05, 0.1) is 17.8 Å². The SMILES string of the molecule is CCOCCSc1nnc(-c2cc(-c3ccc(C)cc3)nc3ccccc23)n1C. The number of benzene rings is 2. The maximum Gasteiger partial charge on any atom is 0.191 e. The van der Waals surface area contributed by atoms with E-state index >= 15 is 0 Å². The Balaban J connectivity index is 1.77. The standard InChI is InChI=1S/C23H24N4OS/c1-4-28-13-14-29-23-26-25-22(27(23)3)19-15-21(17-11-9-16(2)10-12-17)24-20-8-6-5-7-18(19)20/h5-12,15H,4,13-14H2,1-3H3. The molecular weight excluding hydrogens is 380 g/mol. The molecule has 0 aliphatic carbocycles. The Morgan fingerprint density at radius 3 is 2.62 bits per heavy atom. The topological polar surface area (TPSA) is 52.8 Å². The Hall–Kier alpha value is -2.70. The monoisotopic (exact) mass is 404 g/mol. The lowest BCUT2D eigenvalue weighted by Crippen LogP contribution is -2.00. The molecule has 0 saturated carbocycles. The van der Waals surface area contributed by atoms with Gasteiger partial charge in [-0.15, -0.1) is 10.2 Å². The lowest BCUT2D eigenvalue weighted by Gasteiger charge is -2.10. The summed E-state index contributed by atoms with van der Waals surface area (Å²) in [5, 5.41) is 10.9. The van der Waals surface area contributed by atoms with E-state index < -0.39 is 0 Å². The fourth-order valence-electron chi connectivity index (χ4n) is 3.24. The van der Waals surface area contributed by atoms with E-state index in [1.807, 2.05) is 32.2 Å². The maximum atomic E-state index is 5.43. The van der Waals surface area contributed by atoms with Crippen LogP contribution in [0.3, 0.4) is 0 Å². The molecule has 2 heterocycles. The second kappa shape index (κ2) is 8.76. The molecule has 0 bridgehead atoms. The van der Waals surface area contributed by atoms with Gasteiger partial charge < -0.3 is 9.30 Å². The molecule has 4 rings (SSSR count). The van der Waals surface area contributed by atoms with E-state index in [-0.39, 0.29) is 0 Å². The zero-order chi connectivity index (χ0) is 20.2. The van der Waals surface area contributed by atoms with Crippen molar-refractivity contribution in [2.45, 2.75) is 19.0 Å². The van der Waals surface area contributed by atoms with Gasteiger partial charge >= 0.3 is 0 Å². The molecular formula is C23H24N4OS. The molecule has 6 heteroatoms. The van der Waals surface area contributed by atoms with Crippen LogP contribution in [0.4, 0.5) is 0 Å². The number of aromatic nitrogens is 4. The number of hydrogen-bond donors (Lipinski definition) is 0. The van der Waals surface area contributed by atoms with E-state index in [4.69, 9.17) is 9.72 Å². The van der Waals surface area contributed by atoms with E-state index in [9.17, 15) is 0 Å². The summed E-state index contributed by atoms with van der Waals surface area (Å²) in [7, 11) is 2.01.